The van der Waals surface area contributed by atoms with Crippen molar-refractivity contribution in [1.29, 1.82) is 0 Å². The number of rotatable bonds is 7. The molecule has 142 valence electrons. The molecule has 27 heavy (non-hydrogen) atoms. The summed E-state index contributed by atoms with van der Waals surface area (Å²) in [4.78, 5) is 46.9. The van der Waals surface area contributed by atoms with Crippen molar-refractivity contribution < 1.29 is 19.5 Å². The highest BCUT2D eigenvalue weighted by atomic mass is 16.4. The number of hydrogen-bond acceptors (Lipinski definition) is 6. The molecule has 0 saturated carbocycles. The number of aliphatic carboxylic acids is 1. The molecule has 9 nitrogen and oxygen atoms in total. The normalized spacial score (nSPS) is 17.0. The van der Waals surface area contributed by atoms with Gasteiger partial charge in [-0.3, -0.25) is 24.5 Å². The lowest BCUT2D eigenvalue weighted by Gasteiger charge is -2.22. The van der Waals surface area contributed by atoms with Crippen molar-refractivity contribution in [3.05, 3.63) is 34.7 Å². The van der Waals surface area contributed by atoms with Gasteiger partial charge in [0.25, 0.3) is 11.5 Å². The van der Waals surface area contributed by atoms with E-state index in [1.54, 1.807) is 18.2 Å². The maximum atomic E-state index is 13.0. The molecule has 3 N–H and O–H groups in total. The maximum Gasteiger partial charge on any atom is 0.303 e. The zero-order valence-electron chi connectivity index (χ0n) is 14.6. The molecule has 1 saturated heterocycles. The summed E-state index contributed by atoms with van der Waals surface area (Å²) in [5.41, 5.74) is 0.201. The Kier molecular flexibility index (Phi) is 5.49. The highest BCUT2D eigenvalue weighted by Crippen LogP contribution is 2.22. The summed E-state index contributed by atoms with van der Waals surface area (Å²) in [6.07, 6.45) is 3.20. The van der Waals surface area contributed by atoms with Crippen molar-refractivity contribution in [2.24, 2.45) is 0 Å². The van der Waals surface area contributed by atoms with E-state index in [1.165, 1.54) is 6.20 Å². The Balaban J connectivity index is 1.85. The Morgan fingerprint density at radius 3 is 2.85 bits per heavy atom. The van der Waals surface area contributed by atoms with Gasteiger partial charge in [0, 0.05) is 30.5 Å². The van der Waals surface area contributed by atoms with Gasteiger partial charge in [0.2, 0.25) is 5.91 Å². The third-order valence-electron chi connectivity index (χ3n) is 4.48. The predicted molar refractivity (Wildman–Crippen MR) is 97.4 cm³/mol. The summed E-state index contributed by atoms with van der Waals surface area (Å²) < 4.78 is 1.12. The first-order chi connectivity index (χ1) is 13.0. The number of fused-ring (bicyclic) bond motifs is 1. The molecule has 1 aromatic heterocycles. The Labute approximate surface area is 154 Å². The molecule has 3 rings (SSSR count). The summed E-state index contributed by atoms with van der Waals surface area (Å²) in [7, 11) is 0. The van der Waals surface area contributed by atoms with E-state index >= 15 is 0 Å². The monoisotopic (exact) mass is 372 g/mol. The van der Waals surface area contributed by atoms with Gasteiger partial charge in [0.15, 0.2) is 0 Å². The summed E-state index contributed by atoms with van der Waals surface area (Å²) >= 11 is 0. The number of unbranched alkanes of at least 4 members (excludes halogenated alkanes) is 1. The Morgan fingerprint density at radius 1 is 1.30 bits per heavy atom. The second kappa shape index (κ2) is 7.98. The number of carbonyl (C=O) groups excluding carboxylic acids is 2. The number of carboxylic acid groups (broad SMARTS) is 1. The van der Waals surface area contributed by atoms with E-state index in [-0.39, 0.29) is 25.2 Å². The predicted octanol–water partition coefficient (Wildman–Crippen LogP) is 1.04. The summed E-state index contributed by atoms with van der Waals surface area (Å²) in [5.74, 6) is -1.72. The fourth-order valence-corrected chi connectivity index (χ4v) is 3.12. The van der Waals surface area contributed by atoms with Crippen LogP contribution in [0.4, 0.5) is 5.69 Å². The molecule has 1 unspecified atom stereocenters. The first-order valence-corrected chi connectivity index (χ1v) is 8.77. The zero-order chi connectivity index (χ0) is 19.4. The number of nitrogens with one attached hydrogen (secondary N) is 2. The third-order valence-corrected chi connectivity index (χ3v) is 4.48. The minimum absolute atomic E-state index is 0.101. The van der Waals surface area contributed by atoms with Crippen molar-refractivity contribution in [2.75, 3.05) is 11.9 Å². The molecule has 1 fully saturated rings. The van der Waals surface area contributed by atoms with Crippen LogP contribution >= 0.6 is 0 Å². The minimum atomic E-state index is -0.835. The smallest absolute Gasteiger partial charge is 0.303 e. The van der Waals surface area contributed by atoms with Crippen LogP contribution in [0.25, 0.3) is 10.8 Å². The van der Waals surface area contributed by atoms with Crippen LogP contribution in [-0.2, 0) is 14.4 Å². The van der Waals surface area contributed by atoms with Gasteiger partial charge in [-0.15, -0.1) is 0 Å². The number of carboxylic acids is 1. The van der Waals surface area contributed by atoms with Crippen molar-refractivity contribution in [1.82, 2.24) is 15.1 Å². The molecule has 2 amide bonds. The third kappa shape index (κ3) is 4.13. The van der Waals surface area contributed by atoms with Crippen molar-refractivity contribution in [2.45, 2.75) is 38.1 Å². The molecule has 0 spiro atoms. The van der Waals surface area contributed by atoms with E-state index in [2.05, 4.69) is 15.7 Å². The topological polar surface area (TPSA) is 130 Å². The largest absolute Gasteiger partial charge is 0.481 e. The van der Waals surface area contributed by atoms with Gasteiger partial charge in [0.1, 0.15) is 6.04 Å². The average Bonchev–Trinajstić information content (AvgIpc) is 2.62. The first-order valence-electron chi connectivity index (χ1n) is 8.77. The van der Waals surface area contributed by atoms with Crippen LogP contribution in [-0.4, -0.2) is 39.2 Å². The van der Waals surface area contributed by atoms with Gasteiger partial charge < -0.3 is 10.4 Å². The number of carbonyl (C=O) groups is 3. The van der Waals surface area contributed by atoms with Crippen LogP contribution in [0.15, 0.2) is 29.2 Å². The van der Waals surface area contributed by atoms with Gasteiger partial charge in [0.05, 0.1) is 11.6 Å². The number of imide groups is 1. The summed E-state index contributed by atoms with van der Waals surface area (Å²) in [6.45, 7) is 0.520. The molecule has 1 atom stereocenters. The number of hydrogen-bond donors (Lipinski definition) is 3. The Bertz CT molecular complexity index is 952. The molecule has 0 bridgehead atoms. The highest BCUT2D eigenvalue weighted by Gasteiger charge is 2.30. The molecule has 9 heteroatoms. The fraction of sp³-hybridized carbons (Fsp3) is 0.389. The lowest BCUT2D eigenvalue weighted by atomic mass is 10.1. The number of anilines is 1. The SMILES string of the molecule is O=C(O)CCCCNc1cccc2cnn(C3CCC(=O)NC3=O)c(=O)c12. The van der Waals surface area contributed by atoms with E-state index < -0.39 is 23.5 Å². The first kappa shape index (κ1) is 18.6. The minimum Gasteiger partial charge on any atom is -0.481 e. The summed E-state index contributed by atoms with van der Waals surface area (Å²) in [6, 6.07) is 4.49. The Hall–Kier alpha value is -3.23. The Morgan fingerprint density at radius 2 is 2.11 bits per heavy atom. The number of nitrogens with zero attached hydrogens (tertiary/aromatic N) is 2. The van der Waals surface area contributed by atoms with Crippen molar-refractivity contribution >= 4 is 34.2 Å². The molecule has 2 heterocycles. The fourth-order valence-electron chi connectivity index (χ4n) is 3.12. The van der Waals surface area contributed by atoms with Crippen LogP contribution in [0.1, 0.15) is 38.1 Å². The second-order valence-electron chi connectivity index (χ2n) is 6.41. The quantitative estimate of drug-likeness (QED) is 0.489. The number of benzene rings is 1. The van der Waals surface area contributed by atoms with Crippen LogP contribution in [0.5, 0.6) is 0 Å². The molecule has 1 aliphatic heterocycles. The van der Waals surface area contributed by atoms with Gasteiger partial charge in [-0.2, -0.15) is 5.10 Å². The van der Waals surface area contributed by atoms with Crippen molar-refractivity contribution in [3.8, 4) is 0 Å². The molecule has 0 aliphatic carbocycles. The van der Waals surface area contributed by atoms with Gasteiger partial charge in [-0.05, 0) is 25.3 Å². The number of aromatic nitrogens is 2. The van der Waals surface area contributed by atoms with Crippen molar-refractivity contribution in [3.63, 3.8) is 0 Å². The van der Waals surface area contributed by atoms with Crippen LogP contribution in [0, 0.1) is 0 Å². The molecule has 0 radical (unpaired) electrons. The van der Waals surface area contributed by atoms with E-state index in [9.17, 15) is 19.2 Å². The number of piperidine rings is 1. The van der Waals surface area contributed by atoms with E-state index in [0.717, 1.165) is 4.68 Å². The standard InChI is InChI=1S/C18H20N4O5/c23-14-8-7-13(17(26)21-14)22-18(27)16-11(10-20-22)4-3-5-12(16)19-9-2-1-6-15(24)25/h3-5,10,13,19H,1-2,6-9H2,(H,24,25)(H,21,23,26). The molecule has 1 aromatic carbocycles. The molecule has 1 aliphatic rings. The maximum absolute atomic E-state index is 13.0. The number of amides is 2. The summed E-state index contributed by atoms with van der Waals surface area (Å²) in [5, 5.41) is 19.2. The van der Waals surface area contributed by atoms with Gasteiger partial charge in [-0.25, -0.2) is 4.68 Å². The molecular formula is C18H20N4O5. The average molecular weight is 372 g/mol. The zero-order valence-corrected chi connectivity index (χ0v) is 14.6. The molecule has 2 aromatic rings. The van der Waals surface area contributed by atoms with Gasteiger partial charge >= 0.3 is 5.97 Å². The molecular weight excluding hydrogens is 352 g/mol. The van der Waals surface area contributed by atoms with E-state index in [4.69, 9.17) is 5.11 Å². The van der Waals surface area contributed by atoms with Crippen LogP contribution in [0.2, 0.25) is 0 Å². The van der Waals surface area contributed by atoms with E-state index in [0.29, 0.717) is 35.8 Å². The lowest BCUT2D eigenvalue weighted by Crippen LogP contribution is -2.45. The highest BCUT2D eigenvalue weighted by molar-refractivity contribution is 5.99. The van der Waals surface area contributed by atoms with Crippen LogP contribution < -0.4 is 16.2 Å². The van der Waals surface area contributed by atoms with Crippen LogP contribution in [0.3, 0.4) is 0 Å². The lowest BCUT2D eigenvalue weighted by molar-refractivity contribution is -0.138. The van der Waals surface area contributed by atoms with Gasteiger partial charge in [-0.1, -0.05) is 12.1 Å². The second-order valence-corrected chi connectivity index (χ2v) is 6.41. The van der Waals surface area contributed by atoms with E-state index in [1.807, 2.05) is 0 Å².